The van der Waals surface area contributed by atoms with Gasteiger partial charge in [-0.05, 0) is 57.2 Å². The fourth-order valence-electron chi connectivity index (χ4n) is 3.10. The first-order valence-corrected chi connectivity index (χ1v) is 8.86. The Kier molecular flexibility index (Phi) is 6.94. The quantitative estimate of drug-likeness (QED) is 0.521. The Morgan fingerprint density at radius 1 is 1.11 bits per heavy atom. The molecule has 1 nitrogen and oxygen atoms in total. The van der Waals surface area contributed by atoms with E-state index in [2.05, 4.69) is 51.2 Å². The van der Waals surface area contributed by atoms with Crippen LogP contribution in [0.25, 0.3) is 0 Å². The normalized spacial score (nSPS) is 20.6. The molecule has 1 saturated heterocycles. The number of nitrogens with zero attached hydrogens (tertiary/aromatic N) is 1. The first-order chi connectivity index (χ1) is 9.40. The van der Waals surface area contributed by atoms with Crippen LogP contribution in [0.2, 0.25) is 0 Å². The monoisotopic (exact) mass is 323 g/mol. The van der Waals surface area contributed by atoms with Gasteiger partial charge in [0.25, 0.3) is 0 Å². The summed E-state index contributed by atoms with van der Waals surface area (Å²) in [5, 5.41) is 1.15. The SMILES string of the molecule is BrCCC1CCCCN1CCCCc1ccccc1. The molecule has 19 heavy (non-hydrogen) atoms. The number of aryl methyl sites for hydroxylation is 1. The van der Waals surface area contributed by atoms with Crippen molar-refractivity contribution in [2.24, 2.45) is 0 Å². The van der Waals surface area contributed by atoms with E-state index >= 15 is 0 Å². The van der Waals surface area contributed by atoms with E-state index in [0.717, 1.165) is 11.4 Å². The third-order valence-corrected chi connectivity index (χ3v) is 4.65. The van der Waals surface area contributed by atoms with Crippen LogP contribution in [0, 0.1) is 0 Å². The fraction of sp³-hybridized carbons (Fsp3) is 0.647. The van der Waals surface area contributed by atoms with E-state index in [1.165, 1.54) is 63.6 Å². The van der Waals surface area contributed by atoms with E-state index in [4.69, 9.17) is 0 Å². The topological polar surface area (TPSA) is 3.24 Å². The molecule has 1 aliphatic heterocycles. The van der Waals surface area contributed by atoms with Crippen molar-refractivity contribution in [3.05, 3.63) is 35.9 Å². The van der Waals surface area contributed by atoms with Crippen molar-refractivity contribution in [2.45, 2.75) is 51.0 Å². The predicted molar refractivity (Wildman–Crippen MR) is 87.0 cm³/mol. The van der Waals surface area contributed by atoms with Crippen LogP contribution in [0.1, 0.15) is 44.1 Å². The van der Waals surface area contributed by atoms with Gasteiger partial charge < -0.3 is 4.90 Å². The van der Waals surface area contributed by atoms with Crippen LogP contribution in [0.4, 0.5) is 0 Å². The second-order valence-corrected chi connectivity index (χ2v) is 6.40. The van der Waals surface area contributed by atoms with Gasteiger partial charge in [0.05, 0.1) is 0 Å². The minimum atomic E-state index is 0.838. The third-order valence-electron chi connectivity index (χ3n) is 4.20. The lowest BCUT2D eigenvalue weighted by Gasteiger charge is -2.35. The molecule has 0 N–H and O–H groups in total. The Morgan fingerprint density at radius 2 is 1.95 bits per heavy atom. The number of halogens is 1. The van der Waals surface area contributed by atoms with Crippen LogP contribution in [0.3, 0.4) is 0 Å². The van der Waals surface area contributed by atoms with Gasteiger partial charge in [-0.25, -0.2) is 0 Å². The van der Waals surface area contributed by atoms with Crippen LogP contribution >= 0.6 is 15.9 Å². The van der Waals surface area contributed by atoms with E-state index < -0.39 is 0 Å². The minimum Gasteiger partial charge on any atom is -0.300 e. The van der Waals surface area contributed by atoms with E-state index in [1.54, 1.807) is 0 Å². The van der Waals surface area contributed by atoms with Gasteiger partial charge in [-0.15, -0.1) is 0 Å². The molecule has 0 amide bonds. The van der Waals surface area contributed by atoms with Gasteiger partial charge >= 0.3 is 0 Å². The van der Waals surface area contributed by atoms with Crippen LogP contribution in [0.15, 0.2) is 30.3 Å². The van der Waals surface area contributed by atoms with Crippen molar-refractivity contribution in [3.8, 4) is 0 Å². The minimum absolute atomic E-state index is 0.838. The highest BCUT2D eigenvalue weighted by molar-refractivity contribution is 9.09. The van der Waals surface area contributed by atoms with Crippen LogP contribution < -0.4 is 0 Å². The van der Waals surface area contributed by atoms with Crippen molar-refractivity contribution in [3.63, 3.8) is 0 Å². The highest BCUT2D eigenvalue weighted by Gasteiger charge is 2.20. The molecule has 0 aromatic heterocycles. The van der Waals surface area contributed by atoms with Crippen LogP contribution in [0.5, 0.6) is 0 Å². The molecule has 1 aromatic carbocycles. The van der Waals surface area contributed by atoms with E-state index in [1.807, 2.05) is 0 Å². The number of piperidine rings is 1. The predicted octanol–water partition coefficient (Wildman–Crippen LogP) is 4.65. The number of unbranched alkanes of at least 4 members (excludes halogenated alkanes) is 1. The lowest BCUT2D eigenvalue weighted by molar-refractivity contribution is 0.143. The van der Waals surface area contributed by atoms with Gasteiger partial charge in [0.2, 0.25) is 0 Å². The summed E-state index contributed by atoms with van der Waals surface area (Å²) >= 11 is 3.60. The van der Waals surface area contributed by atoms with Crippen molar-refractivity contribution in [1.82, 2.24) is 4.90 Å². The van der Waals surface area contributed by atoms with Crippen molar-refractivity contribution in [2.75, 3.05) is 18.4 Å². The van der Waals surface area contributed by atoms with Gasteiger partial charge in [0.15, 0.2) is 0 Å². The molecule has 0 spiro atoms. The van der Waals surface area contributed by atoms with Gasteiger partial charge in [0, 0.05) is 11.4 Å². The molecule has 2 rings (SSSR count). The zero-order valence-corrected chi connectivity index (χ0v) is 13.4. The number of benzene rings is 1. The average molecular weight is 324 g/mol. The lowest BCUT2D eigenvalue weighted by Crippen LogP contribution is -2.40. The average Bonchev–Trinajstić information content (AvgIpc) is 2.47. The van der Waals surface area contributed by atoms with Crippen LogP contribution in [-0.4, -0.2) is 29.4 Å². The number of hydrogen-bond donors (Lipinski definition) is 0. The number of hydrogen-bond acceptors (Lipinski definition) is 1. The summed E-state index contributed by atoms with van der Waals surface area (Å²) in [5.74, 6) is 0. The van der Waals surface area contributed by atoms with Gasteiger partial charge in [0.1, 0.15) is 0 Å². The maximum atomic E-state index is 3.60. The molecule has 1 aliphatic rings. The summed E-state index contributed by atoms with van der Waals surface area (Å²) in [6.07, 6.45) is 9.45. The summed E-state index contributed by atoms with van der Waals surface area (Å²) in [6, 6.07) is 11.7. The summed E-state index contributed by atoms with van der Waals surface area (Å²) in [5.41, 5.74) is 1.48. The number of alkyl halides is 1. The molecule has 106 valence electrons. The zero-order chi connectivity index (χ0) is 13.3. The number of rotatable bonds is 7. The van der Waals surface area contributed by atoms with E-state index in [0.29, 0.717) is 0 Å². The molecule has 1 aromatic rings. The molecule has 1 heterocycles. The van der Waals surface area contributed by atoms with Gasteiger partial charge in [-0.3, -0.25) is 0 Å². The molecular weight excluding hydrogens is 298 g/mol. The second-order valence-electron chi connectivity index (χ2n) is 5.61. The van der Waals surface area contributed by atoms with Crippen molar-refractivity contribution < 1.29 is 0 Å². The Hall–Kier alpha value is -0.340. The second kappa shape index (κ2) is 8.76. The lowest BCUT2D eigenvalue weighted by atomic mass is 9.99. The van der Waals surface area contributed by atoms with E-state index in [9.17, 15) is 0 Å². The Balaban J connectivity index is 1.66. The largest absolute Gasteiger partial charge is 0.300 e. The van der Waals surface area contributed by atoms with Gasteiger partial charge in [-0.2, -0.15) is 0 Å². The maximum Gasteiger partial charge on any atom is 0.0103 e. The first kappa shape index (κ1) is 15.1. The molecule has 1 unspecified atom stereocenters. The van der Waals surface area contributed by atoms with Crippen molar-refractivity contribution in [1.29, 1.82) is 0 Å². The summed E-state index contributed by atoms with van der Waals surface area (Å²) in [7, 11) is 0. The van der Waals surface area contributed by atoms with Crippen molar-refractivity contribution >= 4 is 15.9 Å². The standard InChI is InChI=1S/C17H26BrN/c18-13-12-17-11-5-7-15-19(17)14-6-4-10-16-8-2-1-3-9-16/h1-3,8-9,17H,4-7,10-15H2. The molecule has 1 fully saturated rings. The van der Waals surface area contributed by atoms with Crippen LogP contribution in [-0.2, 0) is 6.42 Å². The summed E-state index contributed by atoms with van der Waals surface area (Å²) in [4.78, 5) is 2.73. The molecule has 1 atom stereocenters. The summed E-state index contributed by atoms with van der Waals surface area (Å²) < 4.78 is 0. The fourth-order valence-corrected chi connectivity index (χ4v) is 3.62. The van der Waals surface area contributed by atoms with Gasteiger partial charge in [-0.1, -0.05) is 52.7 Å². The highest BCUT2D eigenvalue weighted by Crippen LogP contribution is 2.21. The zero-order valence-electron chi connectivity index (χ0n) is 11.9. The smallest absolute Gasteiger partial charge is 0.0103 e. The molecule has 0 bridgehead atoms. The molecule has 2 heteroatoms. The van der Waals surface area contributed by atoms with E-state index in [-0.39, 0.29) is 0 Å². The Bertz CT molecular complexity index is 336. The number of likely N-dealkylation sites (tertiary alicyclic amines) is 1. The molecule has 0 aliphatic carbocycles. The molecule has 0 saturated carbocycles. The summed E-state index contributed by atoms with van der Waals surface area (Å²) in [6.45, 7) is 2.62. The molecule has 0 radical (unpaired) electrons. The highest BCUT2D eigenvalue weighted by atomic mass is 79.9. The molecular formula is C17H26BrN. The Labute approximate surface area is 126 Å². The Morgan fingerprint density at radius 3 is 2.74 bits per heavy atom. The third kappa shape index (κ3) is 5.27. The maximum absolute atomic E-state index is 3.60. The first-order valence-electron chi connectivity index (χ1n) is 7.74.